The largest absolute Gasteiger partial charge is 0.503 e. The molecule has 1 aliphatic heterocycles. The average Bonchev–Trinajstić information content (AvgIpc) is 2.88. The lowest BCUT2D eigenvalue weighted by atomic mass is 10.1. The molecule has 2 amide bonds. The smallest absolute Gasteiger partial charge is 0.282 e. The van der Waals surface area contributed by atoms with Gasteiger partial charge in [0.2, 0.25) is 0 Å². The molecule has 0 spiro atoms. The Kier molecular flexibility index (Phi) is 4.63. The molecule has 1 heterocycles. The molecule has 1 aliphatic rings. The molecule has 2 N–H and O–H groups in total. The summed E-state index contributed by atoms with van der Waals surface area (Å²) in [7, 11) is 0. The lowest BCUT2D eigenvalue weighted by Gasteiger charge is -2.13. The van der Waals surface area contributed by atoms with Crippen molar-refractivity contribution in [3.63, 3.8) is 0 Å². The van der Waals surface area contributed by atoms with Crippen LogP contribution in [0.5, 0.6) is 11.5 Å². The summed E-state index contributed by atoms with van der Waals surface area (Å²) < 4.78 is 5.31. The third kappa shape index (κ3) is 3.29. The maximum absolute atomic E-state index is 12.5. The number of benzene rings is 2. The van der Waals surface area contributed by atoms with Crippen molar-refractivity contribution in [3.05, 3.63) is 58.6 Å². The lowest BCUT2D eigenvalue weighted by Crippen LogP contribution is -2.35. The molecule has 0 aromatic heterocycles. The Labute approximate surface area is 149 Å². The highest BCUT2D eigenvalue weighted by Gasteiger charge is 2.34. The molecular formula is C18H15ClN2O4. The molecule has 1 fully saturated rings. The van der Waals surface area contributed by atoms with Gasteiger partial charge in [0.1, 0.15) is 5.57 Å². The van der Waals surface area contributed by atoms with Crippen molar-refractivity contribution < 1.29 is 19.4 Å². The molecule has 0 aliphatic carbocycles. The van der Waals surface area contributed by atoms with Crippen LogP contribution in [0, 0.1) is 0 Å². The van der Waals surface area contributed by atoms with Crippen molar-refractivity contribution in [3.8, 4) is 11.5 Å². The molecule has 3 rings (SSSR count). The van der Waals surface area contributed by atoms with E-state index in [0.717, 1.165) is 0 Å². The van der Waals surface area contributed by atoms with Gasteiger partial charge in [0.05, 0.1) is 17.3 Å². The number of carbonyl (C=O) groups is 2. The topological polar surface area (TPSA) is 78.9 Å². The Balaban J connectivity index is 1.96. The van der Waals surface area contributed by atoms with Gasteiger partial charge in [-0.1, -0.05) is 29.8 Å². The fourth-order valence-electron chi connectivity index (χ4n) is 2.43. The highest BCUT2D eigenvalue weighted by Crippen LogP contribution is 2.36. The van der Waals surface area contributed by atoms with Crippen LogP contribution >= 0.6 is 11.6 Å². The zero-order valence-corrected chi connectivity index (χ0v) is 14.1. The van der Waals surface area contributed by atoms with Crippen LogP contribution in [0.15, 0.2) is 48.0 Å². The first kappa shape index (κ1) is 16.9. The number of nitrogens with one attached hydrogen (secondary N) is 1. The Morgan fingerprint density at radius 1 is 1.24 bits per heavy atom. The van der Waals surface area contributed by atoms with Gasteiger partial charge in [-0.05, 0) is 42.8 Å². The van der Waals surface area contributed by atoms with E-state index >= 15 is 0 Å². The van der Waals surface area contributed by atoms with Crippen LogP contribution in [0.4, 0.5) is 5.69 Å². The molecule has 1 saturated heterocycles. The van der Waals surface area contributed by atoms with Crippen LogP contribution in [0.3, 0.4) is 0 Å². The molecule has 0 radical (unpaired) electrons. The first-order valence-electron chi connectivity index (χ1n) is 7.58. The Hall–Kier alpha value is -2.99. The van der Waals surface area contributed by atoms with E-state index < -0.39 is 11.8 Å². The molecular weight excluding hydrogens is 344 g/mol. The molecule has 7 heteroatoms. The fraction of sp³-hybridized carbons (Fsp3) is 0.111. The molecule has 6 nitrogen and oxygen atoms in total. The summed E-state index contributed by atoms with van der Waals surface area (Å²) in [6.45, 7) is 2.11. The summed E-state index contributed by atoms with van der Waals surface area (Å²) in [6, 6.07) is 11.8. The number of carbonyl (C=O) groups excluding carboxylic acids is 2. The van der Waals surface area contributed by atoms with Gasteiger partial charge in [-0.2, -0.15) is 0 Å². The van der Waals surface area contributed by atoms with Crippen molar-refractivity contribution >= 4 is 35.2 Å². The van der Waals surface area contributed by atoms with Crippen LogP contribution in [-0.4, -0.2) is 23.5 Å². The summed E-state index contributed by atoms with van der Waals surface area (Å²) in [5.41, 5.74) is 3.52. The number of hydrogen-bond donors (Lipinski definition) is 2. The monoisotopic (exact) mass is 358 g/mol. The van der Waals surface area contributed by atoms with Crippen molar-refractivity contribution in [2.75, 3.05) is 11.6 Å². The van der Waals surface area contributed by atoms with Gasteiger partial charge < -0.3 is 9.84 Å². The lowest BCUT2D eigenvalue weighted by molar-refractivity contribution is -0.117. The quantitative estimate of drug-likeness (QED) is 0.650. The Bertz CT molecular complexity index is 865. The highest BCUT2D eigenvalue weighted by atomic mass is 35.5. The number of para-hydroxylation sites is 1. The van der Waals surface area contributed by atoms with Crippen LogP contribution in [0.1, 0.15) is 12.5 Å². The van der Waals surface area contributed by atoms with Gasteiger partial charge in [-0.3, -0.25) is 15.0 Å². The predicted molar refractivity (Wildman–Crippen MR) is 94.3 cm³/mol. The van der Waals surface area contributed by atoms with Crippen molar-refractivity contribution in [2.24, 2.45) is 0 Å². The SMILES string of the molecule is CCOc1cc(C=C2C(=O)NN(c3ccccc3)C2=O)cc(Cl)c1O. The normalized spacial score (nSPS) is 15.6. The van der Waals surface area contributed by atoms with Crippen molar-refractivity contribution in [1.29, 1.82) is 0 Å². The van der Waals surface area contributed by atoms with Gasteiger partial charge in [-0.25, -0.2) is 5.01 Å². The van der Waals surface area contributed by atoms with Gasteiger partial charge in [0.25, 0.3) is 11.8 Å². The van der Waals surface area contributed by atoms with Gasteiger partial charge in [0, 0.05) is 0 Å². The van der Waals surface area contributed by atoms with Gasteiger partial charge >= 0.3 is 0 Å². The van der Waals surface area contributed by atoms with Crippen LogP contribution < -0.4 is 15.2 Å². The third-order valence-electron chi connectivity index (χ3n) is 3.57. The molecule has 0 atom stereocenters. The van der Waals surface area contributed by atoms with Crippen LogP contribution in [-0.2, 0) is 9.59 Å². The maximum atomic E-state index is 12.5. The number of anilines is 1. The third-order valence-corrected chi connectivity index (χ3v) is 3.86. The fourth-order valence-corrected chi connectivity index (χ4v) is 2.64. The van der Waals surface area contributed by atoms with Gasteiger partial charge in [0.15, 0.2) is 11.5 Å². The van der Waals surface area contributed by atoms with E-state index in [9.17, 15) is 14.7 Å². The minimum absolute atomic E-state index is 0.0342. The van der Waals surface area contributed by atoms with Crippen LogP contribution in [0.2, 0.25) is 5.02 Å². The summed E-state index contributed by atoms with van der Waals surface area (Å²) in [4.78, 5) is 24.7. The molecule has 25 heavy (non-hydrogen) atoms. The van der Waals surface area contributed by atoms with E-state index in [0.29, 0.717) is 17.9 Å². The number of hydrazine groups is 1. The average molecular weight is 359 g/mol. The zero-order chi connectivity index (χ0) is 18.0. The van der Waals surface area contributed by atoms with E-state index in [2.05, 4.69) is 5.43 Å². The number of phenolic OH excluding ortho intramolecular Hbond substituents is 1. The van der Waals surface area contributed by atoms with E-state index in [1.807, 2.05) is 6.07 Å². The summed E-state index contributed by atoms with van der Waals surface area (Å²) in [5, 5.41) is 11.1. The second-order valence-corrected chi connectivity index (χ2v) is 5.66. The number of amides is 2. The first-order valence-corrected chi connectivity index (χ1v) is 7.96. The number of phenols is 1. The summed E-state index contributed by atoms with van der Waals surface area (Å²) in [5.74, 6) is -0.985. The first-order chi connectivity index (χ1) is 12.0. The molecule has 0 unspecified atom stereocenters. The summed E-state index contributed by atoms with van der Waals surface area (Å²) in [6.07, 6.45) is 1.41. The standard InChI is InChI=1S/C18H15ClN2O4/c1-2-25-15-10-11(9-14(19)16(15)22)8-13-17(23)20-21(18(13)24)12-6-4-3-5-7-12/h3-10,22H,2H2,1H3,(H,20,23). The molecule has 128 valence electrons. The number of aromatic hydroxyl groups is 1. The molecule has 2 aromatic carbocycles. The number of hydrogen-bond acceptors (Lipinski definition) is 4. The van der Waals surface area contributed by atoms with Crippen LogP contribution in [0.25, 0.3) is 6.08 Å². The zero-order valence-electron chi connectivity index (χ0n) is 13.3. The van der Waals surface area contributed by atoms with E-state index in [4.69, 9.17) is 16.3 Å². The second-order valence-electron chi connectivity index (χ2n) is 5.26. The van der Waals surface area contributed by atoms with Crippen molar-refractivity contribution in [1.82, 2.24) is 5.43 Å². The van der Waals surface area contributed by atoms with Gasteiger partial charge in [-0.15, -0.1) is 0 Å². The van der Waals surface area contributed by atoms with E-state index in [1.165, 1.54) is 23.2 Å². The Morgan fingerprint density at radius 3 is 2.64 bits per heavy atom. The maximum Gasteiger partial charge on any atom is 0.282 e. The highest BCUT2D eigenvalue weighted by molar-refractivity contribution is 6.33. The number of halogens is 1. The second kappa shape index (κ2) is 6.86. The minimum Gasteiger partial charge on any atom is -0.503 e. The molecule has 0 saturated carbocycles. The number of nitrogens with zero attached hydrogens (tertiary/aromatic N) is 1. The Morgan fingerprint density at radius 2 is 1.96 bits per heavy atom. The minimum atomic E-state index is -0.518. The number of rotatable bonds is 4. The predicted octanol–water partition coefficient (Wildman–Crippen LogP) is 2.91. The van der Waals surface area contributed by atoms with E-state index in [-0.39, 0.29) is 22.1 Å². The number of ether oxygens (including phenoxy) is 1. The molecule has 2 aromatic rings. The molecule has 0 bridgehead atoms. The summed E-state index contributed by atoms with van der Waals surface area (Å²) >= 11 is 5.98. The van der Waals surface area contributed by atoms with E-state index in [1.54, 1.807) is 31.2 Å². The van der Waals surface area contributed by atoms with Crippen molar-refractivity contribution in [2.45, 2.75) is 6.92 Å².